The molecule has 2 heterocycles. The molecule has 0 atom stereocenters. The van der Waals surface area contributed by atoms with Crippen LogP contribution in [0.5, 0.6) is 5.75 Å². The molecular weight excluding hydrogens is 344 g/mol. The summed E-state index contributed by atoms with van der Waals surface area (Å²) in [7, 11) is 3.22. The Morgan fingerprint density at radius 2 is 2.16 bits per heavy atom. The van der Waals surface area contributed by atoms with Gasteiger partial charge in [-0.2, -0.15) is 5.10 Å². The second-order valence-corrected chi connectivity index (χ2v) is 5.54. The van der Waals surface area contributed by atoms with Crippen LogP contribution in [0.2, 0.25) is 5.02 Å². The molecule has 2 aromatic heterocycles. The van der Waals surface area contributed by atoms with Gasteiger partial charge in [0, 0.05) is 18.8 Å². The minimum Gasteiger partial charge on any atom is -0.497 e. The predicted octanol–water partition coefficient (Wildman–Crippen LogP) is 2.37. The lowest BCUT2D eigenvalue weighted by Gasteiger charge is -2.10. The van der Waals surface area contributed by atoms with Gasteiger partial charge >= 0.3 is 0 Å². The fourth-order valence-corrected chi connectivity index (χ4v) is 2.47. The van der Waals surface area contributed by atoms with Crippen LogP contribution >= 0.6 is 11.6 Å². The lowest BCUT2D eigenvalue weighted by atomic mass is 10.1. The number of rotatable bonds is 4. The fraction of sp³-hybridized carbons (Fsp3) is 0.125. The van der Waals surface area contributed by atoms with E-state index in [9.17, 15) is 4.79 Å². The number of halogens is 1. The molecule has 3 rings (SSSR count). The number of amides is 1. The standard InChI is InChI=1S/C16H15ClN6O2/c1-23-12(5-6-20-23)16(24)22-13-8-19-14(15(18)21-13)10-7-9(25-2)3-4-11(10)17/h3-8H,1-2H3,(H3,18,21,22,24). The Labute approximate surface area is 148 Å². The molecule has 9 heteroatoms. The number of nitrogens with zero attached hydrogens (tertiary/aromatic N) is 4. The number of aromatic nitrogens is 4. The summed E-state index contributed by atoms with van der Waals surface area (Å²) in [6, 6.07) is 6.74. The van der Waals surface area contributed by atoms with E-state index in [-0.39, 0.29) is 17.5 Å². The van der Waals surface area contributed by atoms with Gasteiger partial charge in [-0.3, -0.25) is 9.48 Å². The van der Waals surface area contributed by atoms with E-state index in [1.165, 1.54) is 17.1 Å². The second-order valence-electron chi connectivity index (χ2n) is 5.13. The van der Waals surface area contributed by atoms with Gasteiger partial charge < -0.3 is 15.8 Å². The van der Waals surface area contributed by atoms with E-state index in [0.29, 0.717) is 27.7 Å². The molecular formula is C16H15ClN6O2. The number of anilines is 2. The number of hydrogen-bond donors (Lipinski definition) is 2. The highest BCUT2D eigenvalue weighted by Gasteiger charge is 2.15. The molecule has 0 unspecified atom stereocenters. The zero-order valence-corrected chi connectivity index (χ0v) is 14.3. The molecule has 25 heavy (non-hydrogen) atoms. The minimum atomic E-state index is -0.360. The Balaban J connectivity index is 1.89. The number of nitrogens with two attached hydrogens (primary N) is 1. The number of aryl methyl sites for hydroxylation is 1. The Morgan fingerprint density at radius 3 is 2.80 bits per heavy atom. The monoisotopic (exact) mass is 358 g/mol. The third-order valence-corrected chi connectivity index (χ3v) is 3.85. The Kier molecular flexibility index (Phi) is 4.53. The summed E-state index contributed by atoms with van der Waals surface area (Å²) in [5.74, 6) is 0.625. The molecule has 0 spiro atoms. The van der Waals surface area contributed by atoms with Crippen LogP contribution in [0.3, 0.4) is 0 Å². The Morgan fingerprint density at radius 1 is 1.36 bits per heavy atom. The fourth-order valence-electron chi connectivity index (χ4n) is 2.26. The van der Waals surface area contributed by atoms with Crippen molar-refractivity contribution in [3.63, 3.8) is 0 Å². The van der Waals surface area contributed by atoms with Crippen LogP contribution in [0.4, 0.5) is 11.6 Å². The average molecular weight is 359 g/mol. The Bertz CT molecular complexity index is 940. The number of nitrogen functional groups attached to an aromatic ring is 1. The summed E-state index contributed by atoms with van der Waals surface area (Å²) in [4.78, 5) is 20.6. The zero-order valence-electron chi connectivity index (χ0n) is 13.5. The van der Waals surface area contributed by atoms with Gasteiger partial charge in [0.15, 0.2) is 11.6 Å². The topological polar surface area (TPSA) is 108 Å². The quantitative estimate of drug-likeness (QED) is 0.741. The first-order valence-electron chi connectivity index (χ1n) is 7.25. The number of carbonyl (C=O) groups excluding carboxylic acids is 1. The minimum absolute atomic E-state index is 0.137. The molecule has 0 fully saturated rings. The maximum absolute atomic E-state index is 12.2. The number of benzene rings is 1. The third-order valence-electron chi connectivity index (χ3n) is 3.52. The predicted molar refractivity (Wildman–Crippen MR) is 94.6 cm³/mol. The summed E-state index contributed by atoms with van der Waals surface area (Å²) in [6.45, 7) is 0. The van der Waals surface area contributed by atoms with Crippen LogP contribution in [-0.2, 0) is 7.05 Å². The van der Waals surface area contributed by atoms with Crippen LogP contribution in [0.25, 0.3) is 11.3 Å². The molecule has 8 nitrogen and oxygen atoms in total. The summed E-state index contributed by atoms with van der Waals surface area (Å²) in [5.41, 5.74) is 7.38. The summed E-state index contributed by atoms with van der Waals surface area (Å²) >= 11 is 6.21. The second kappa shape index (κ2) is 6.78. The summed E-state index contributed by atoms with van der Waals surface area (Å²) in [5, 5.41) is 7.04. The van der Waals surface area contributed by atoms with E-state index in [4.69, 9.17) is 22.1 Å². The highest BCUT2D eigenvalue weighted by molar-refractivity contribution is 6.33. The van der Waals surface area contributed by atoms with Crippen LogP contribution in [-0.4, -0.2) is 32.8 Å². The van der Waals surface area contributed by atoms with Crippen molar-refractivity contribution < 1.29 is 9.53 Å². The molecule has 0 saturated heterocycles. The molecule has 0 aliphatic rings. The largest absolute Gasteiger partial charge is 0.497 e. The van der Waals surface area contributed by atoms with E-state index in [2.05, 4.69) is 20.4 Å². The van der Waals surface area contributed by atoms with Gasteiger partial charge in [0.2, 0.25) is 0 Å². The van der Waals surface area contributed by atoms with Crippen LogP contribution < -0.4 is 15.8 Å². The first-order chi connectivity index (χ1) is 12.0. The molecule has 3 N–H and O–H groups in total. The van der Waals surface area contributed by atoms with E-state index in [0.717, 1.165) is 0 Å². The number of ether oxygens (including phenoxy) is 1. The van der Waals surface area contributed by atoms with Crippen LogP contribution in [0.1, 0.15) is 10.5 Å². The van der Waals surface area contributed by atoms with Crippen molar-refractivity contribution in [3.05, 3.63) is 47.4 Å². The van der Waals surface area contributed by atoms with E-state index < -0.39 is 0 Å². The van der Waals surface area contributed by atoms with E-state index >= 15 is 0 Å². The lowest BCUT2D eigenvalue weighted by molar-refractivity contribution is 0.101. The van der Waals surface area contributed by atoms with Crippen molar-refractivity contribution in [1.29, 1.82) is 0 Å². The summed E-state index contributed by atoms with van der Waals surface area (Å²) in [6.07, 6.45) is 2.94. The normalized spacial score (nSPS) is 10.5. The molecule has 0 aliphatic heterocycles. The van der Waals surface area contributed by atoms with Gasteiger partial charge in [-0.1, -0.05) is 11.6 Å². The molecule has 128 valence electrons. The van der Waals surface area contributed by atoms with Crippen molar-refractivity contribution >= 4 is 29.1 Å². The maximum Gasteiger partial charge on any atom is 0.275 e. The van der Waals surface area contributed by atoms with Crippen molar-refractivity contribution in [2.45, 2.75) is 0 Å². The smallest absolute Gasteiger partial charge is 0.275 e. The van der Waals surface area contributed by atoms with Crippen molar-refractivity contribution in [2.24, 2.45) is 7.05 Å². The number of methoxy groups -OCH3 is 1. The van der Waals surface area contributed by atoms with Crippen molar-refractivity contribution in [3.8, 4) is 17.0 Å². The van der Waals surface area contributed by atoms with E-state index in [1.54, 1.807) is 38.4 Å². The SMILES string of the molecule is COc1ccc(Cl)c(-c2ncc(NC(=O)c3ccnn3C)nc2N)c1. The first-order valence-corrected chi connectivity index (χ1v) is 7.63. The molecule has 0 bridgehead atoms. The highest BCUT2D eigenvalue weighted by Crippen LogP contribution is 2.33. The van der Waals surface area contributed by atoms with Crippen LogP contribution in [0, 0.1) is 0 Å². The van der Waals surface area contributed by atoms with E-state index in [1.807, 2.05) is 0 Å². The summed E-state index contributed by atoms with van der Waals surface area (Å²) < 4.78 is 6.64. The Hall–Kier alpha value is -3.13. The first kappa shape index (κ1) is 16.7. The van der Waals surface area contributed by atoms with Gasteiger partial charge in [0.25, 0.3) is 5.91 Å². The average Bonchev–Trinajstić information content (AvgIpc) is 3.02. The molecule has 1 aromatic carbocycles. The van der Waals surface area contributed by atoms with Gasteiger partial charge in [0.05, 0.1) is 18.3 Å². The van der Waals surface area contributed by atoms with Crippen molar-refractivity contribution in [1.82, 2.24) is 19.7 Å². The van der Waals surface area contributed by atoms with Gasteiger partial charge in [0.1, 0.15) is 17.1 Å². The van der Waals surface area contributed by atoms with Gasteiger partial charge in [-0.15, -0.1) is 0 Å². The zero-order chi connectivity index (χ0) is 18.0. The number of carbonyl (C=O) groups is 1. The van der Waals surface area contributed by atoms with Crippen LogP contribution in [0.15, 0.2) is 36.7 Å². The maximum atomic E-state index is 12.2. The lowest BCUT2D eigenvalue weighted by Crippen LogP contribution is -2.17. The van der Waals surface area contributed by atoms with Gasteiger partial charge in [-0.05, 0) is 24.3 Å². The molecule has 0 saturated carbocycles. The number of nitrogens with one attached hydrogen (secondary N) is 1. The molecule has 0 aliphatic carbocycles. The molecule has 0 radical (unpaired) electrons. The molecule has 3 aromatic rings. The molecule has 1 amide bonds. The number of hydrogen-bond acceptors (Lipinski definition) is 6. The van der Waals surface area contributed by atoms with Gasteiger partial charge in [-0.25, -0.2) is 9.97 Å². The third kappa shape index (κ3) is 3.38. The highest BCUT2D eigenvalue weighted by atomic mass is 35.5. The van der Waals surface area contributed by atoms with Crippen molar-refractivity contribution in [2.75, 3.05) is 18.2 Å².